The lowest BCUT2D eigenvalue weighted by Gasteiger charge is -2.56. The molecule has 1 aliphatic heterocycles. The molecule has 2 amide bonds. The third-order valence-electron chi connectivity index (χ3n) is 9.12. The van der Waals surface area contributed by atoms with E-state index in [1.165, 1.54) is 24.0 Å². The summed E-state index contributed by atoms with van der Waals surface area (Å²) in [6.45, 7) is 4.88. The molecule has 9 heteroatoms. The Morgan fingerprint density at radius 3 is 2.67 bits per heavy atom. The van der Waals surface area contributed by atoms with Crippen molar-refractivity contribution in [2.24, 2.45) is 17.3 Å². The Labute approximate surface area is 211 Å². The number of phenolic OH excluding ortho intramolecular Hbond substituents is 1. The number of urea groups is 1. The van der Waals surface area contributed by atoms with Crippen molar-refractivity contribution in [3.8, 4) is 5.75 Å². The Morgan fingerprint density at radius 2 is 1.94 bits per heavy atom. The highest BCUT2D eigenvalue weighted by atomic mass is 32.2. The van der Waals surface area contributed by atoms with Crippen LogP contribution < -0.4 is 10.0 Å². The van der Waals surface area contributed by atoms with Gasteiger partial charge in [0.05, 0.1) is 4.90 Å². The summed E-state index contributed by atoms with van der Waals surface area (Å²) in [7, 11) is -4.10. The van der Waals surface area contributed by atoms with Crippen molar-refractivity contribution in [2.45, 2.75) is 55.4 Å². The van der Waals surface area contributed by atoms with E-state index in [0.717, 1.165) is 56.1 Å². The highest BCUT2D eigenvalue weighted by Crippen LogP contribution is 2.67. The van der Waals surface area contributed by atoms with E-state index >= 15 is 0 Å². The maximum absolute atomic E-state index is 13.2. The summed E-state index contributed by atoms with van der Waals surface area (Å²) in [5, 5.41) is 13.1. The summed E-state index contributed by atoms with van der Waals surface area (Å²) in [6.07, 6.45) is 5.34. The zero-order valence-corrected chi connectivity index (χ0v) is 21.2. The molecule has 3 N–H and O–H groups in total. The molecule has 3 aliphatic carbocycles. The summed E-state index contributed by atoms with van der Waals surface area (Å²) in [6, 6.07) is 9.72. The van der Waals surface area contributed by atoms with E-state index in [9.17, 15) is 22.7 Å². The van der Waals surface area contributed by atoms with Crippen LogP contribution in [0.25, 0.3) is 0 Å². The topological polar surface area (TPSA) is 98.7 Å². The van der Waals surface area contributed by atoms with Crippen LogP contribution in [0.15, 0.2) is 47.4 Å². The number of likely N-dealkylation sites (tertiary alicyclic amines) is 1. The maximum Gasteiger partial charge on any atom is 0.328 e. The quantitative estimate of drug-likeness (QED) is 0.526. The van der Waals surface area contributed by atoms with E-state index in [4.69, 9.17) is 0 Å². The number of fused-ring (bicyclic) bond motifs is 3. The lowest BCUT2D eigenvalue weighted by atomic mass is 9.61. The average molecular weight is 514 g/mol. The molecule has 4 aliphatic rings. The van der Waals surface area contributed by atoms with Crippen molar-refractivity contribution in [3.05, 3.63) is 59.4 Å². The van der Waals surface area contributed by atoms with Crippen LogP contribution in [0, 0.1) is 23.1 Å². The number of halogens is 1. The van der Waals surface area contributed by atoms with Gasteiger partial charge in [0.1, 0.15) is 11.6 Å². The molecule has 0 radical (unpaired) electrons. The predicted octanol–water partition coefficient (Wildman–Crippen LogP) is 3.52. The van der Waals surface area contributed by atoms with Gasteiger partial charge in [-0.2, -0.15) is 0 Å². The smallest absolute Gasteiger partial charge is 0.328 e. The first-order valence-electron chi connectivity index (χ1n) is 12.7. The van der Waals surface area contributed by atoms with Gasteiger partial charge in [-0.15, -0.1) is 0 Å². The van der Waals surface area contributed by atoms with Crippen LogP contribution in [-0.4, -0.2) is 50.1 Å². The highest BCUT2D eigenvalue weighted by Gasteiger charge is 2.69. The van der Waals surface area contributed by atoms with Gasteiger partial charge in [0.15, 0.2) is 0 Å². The Balaban J connectivity index is 1.19. The van der Waals surface area contributed by atoms with Crippen molar-refractivity contribution >= 4 is 16.1 Å². The third-order valence-corrected chi connectivity index (χ3v) is 10.5. The van der Waals surface area contributed by atoms with Crippen molar-refractivity contribution in [1.82, 2.24) is 14.9 Å². The van der Waals surface area contributed by atoms with Crippen molar-refractivity contribution in [1.29, 1.82) is 0 Å². The average Bonchev–Trinajstić information content (AvgIpc) is 3.60. The SMILES string of the molecule is C[C@H]1[C@@H]2N(CC3CC3)CC23Cc2ccc(O)cc2[C@@]1(CCNC(=O)NS(=O)(=O)c1ccc(F)cc1)C3. The number of aromatic hydroxyl groups is 1. The largest absolute Gasteiger partial charge is 0.508 e. The molecule has 1 spiro atoms. The first kappa shape index (κ1) is 23.7. The fourth-order valence-corrected chi connectivity index (χ4v) is 8.51. The van der Waals surface area contributed by atoms with E-state index in [2.05, 4.69) is 17.1 Å². The van der Waals surface area contributed by atoms with Crippen LogP contribution in [0.2, 0.25) is 0 Å². The second-order valence-corrected chi connectivity index (χ2v) is 13.1. The Morgan fingerprint density at radius 1 is 1.19 bits per heavy atom. The molecule has 192 valence electrons. The number of phenols is 1. The molecule has 2 aromatic carbocycles. The van der Waals surface area contributed by atoms with Crippen LogP contribution in [-0.2, 0) is 21.9 Å². The van der Waals surface area contributed by atoms with Gasteiger partial charge >= 0.3 is 6.03 Å². The van der Waals surface area contributed by atoms with Gasteiger partial charge in [0, 0.05) is 36.5 Å². The zero-order valence-electron chi connectivity index (χ0n) is 20.3. The standard InChI is InChI=1S/C27H32FN3O4S/c1-17-24-26(16-31(24)14-18-2-3-18)13-19-4-7-21(32)12-23(19)27(17,15-26)10-11-29-25(33)30-36(34,35)22-8-5-20(28)6-9-22/h4-9,12,17-18,24,32H,2-3,10-11,13-16H2,1H3,(H2,29,30,33)/t17-,24-,26?,27-/m0/s1. The maximum atomic E-state index is 13.2. The second-order valence-electron chi connectivity index (χ2n) is 11.4. The summed E-state index contributed by atoms with van der Waals surface area (Å²) >= 11 is 0. The molecule has 7 nitrogen and oxygen atoms in total. The number of carbonyl (C=O) groups excluding carboxylic acids is 1. The number of rotatable bonds is 7. The van der Waals surface area contributed by atoms with Gasteiger partial charge in [-0.25, -0.2) is 22.3 Å². The fourth-order valence-electron chi connectivity index (χ4n) is 7.59. The lowest BCUT2D eigenvalue weighted by molar-refractivity contribution is -0.0692. The predicted molar refractivity (Wildman–Crippen MR) is 133 cm³/mol. The van der Waals surface area contributed by atoms with Gasteiger partial charge in [-0.3, -0.25) is 4.90 Å². The van der Waals surface area contributed by atoms with Crippen molar-refractivity contribution in [2.75, 3.05) is 19.6 Å². The molecular weight excluding hydrogens is 481 g/mol. The number of hydrogen-bond donors (Lipinski definition) is 3. The Bertz CT molecular complexity index is 1310. The van der Waals surface area contributed by atoms with E-state index in [-0.39, 0.29) is 21.5 Å². The van der Waals surface area contributed by atoms with Gasteiger partial charge in [0.25, 0.3) is 10.0 Å². The van der Waals surface area contributed by atoms with Crippen LogP contribution >= 0.6 is 0 Å². The first-order chi connectivity index (χ1) is 17.1. The highest BCUT2D eigenvalue weighted by molar-refractivity contribution is 7.90. The summed E-state index contributed by atoms with van der Waals surface area (Å²) in [5.41, 5.74) is 2.48. The first-order valence-corrected chi connectivity index (χ1v) is 14.2. The molecule has 1 unspecified atom stereocenters. The van der Waals surface area contributed by atoms with Crippen LogP contribution in [0.1, 0.15) is 43.7 Å². The van der Waals surface area contributed by atoms with E-state index in [1.807, 2.05) is 16.9 Å². The summed E-state index contributed by atoms with van der Waals surface area (Å²) in [5.74, 6) is 0.873. The molecule has 3 fully saturated rings. The molecule has 1 heterocycles. The number of sulfonamides is 1. The number of nitrogens with zero attached hydrogens (tertiary/aromatic N) is 1. The number of benzene rings is 2. The van der Waals surface area contributed by atoms with Crippen LogP contribution in [0.4, 0.5) is 9.18 Å². The molecular formula is C27H32FN3O4S. The number of nitrogens with one attached hydrogen (secondary N) is 2. The normalized spacial score (nSPS) is 30.7. The molecule has 2 aromatic rings. The van der Waals surface area contributed by atoms with Crippen LogP contribution in [0.3, 0.4) is 0 Å². The Kier molecular flexibility index (Phi) is 5.39. The van der Waals surface area contributed by atoms with Gasteiger partial charge in [0.2, 0.25) is 0 Å². The molecule has 6 rings (SSSR count). The number of hydrogen-bond acceptors (Lipinski definition) is 5. The minimum absolute atomic E-state index is 0.173. The van der Waals surface area contributed by atoms with Gasteiger partial charge < -0.3 is 10.4 Å². The van der Waals surface area contributed by atoms with E-state index < -0.39 is 21.9 Å². The second kappa shape index (κ2) is 8.18. The summed E-state index contributed by atoms with van der Waals surface area (Å²) < 4.78 is 40.2. The monoisotopic (exact) mass is 513 g/mol. The molecule has 2 bridgehead atoms. The Hall–Kier alpha value is -2.65. The van der Waals surface area contributed by atoms with E-state index in [1.54, 1.807) is 6.07 Å². The number of carbonyl (C=O) groups is 1. The van der Waals surface area contributed by atoms with Crippen molar-refractivity contribution in [3.63, 3.8) is 0 Å². The van der Waals surface area contributed by atoms with Gasteiger partial charge in [-0.1, -0.05) is 13.0 Å². The minimum Gasteiger partial charge on any atom is -0.508 e. The molecule has 0 aromatic heterocycles. The molecule has 4 atom stereocenters. The zero-order chi connectivity index (χ0) is 25.3. The molecule has 2 saturated carbocycles. The van der Waals surface area contributed by atoms with E-state index in [0.29, 0.717) is 24.9 Å². The van der Waals surface area contributed by atoms with Gasteiger partial charge in [-0.05, 0) is 91.5 Å². The minimum atomic E-state index is -4.10. The van der Waals surface area contributed by atoms with Crippen LogP contribution in [0.5, 0.6) is 5.75 Å². The third kappa shape index (κ3) is 3.78. The lowest BCUT2D eigenvalue weighted by Crippen LogP contribution is -2.64. The van der Waals surface area contributed by atoms with Crippen molar-refractivity contribution < 1.29 is 22.7 Å². The number of amides is 2. The summed E-state index contributed by atoms with van der Waals surface area (Å²) in [4.78, 5) is 15.0. The molecule has 36 heavy (non-hydrogen) atoms. The molecule has 1 saturated heterocycles. The fraction of sp³-hybridized carbons (Fsp3) is 0.519.